The Bertz CT molecular complexity index is 279. The fraction of sp³-hybridized carbons (Fsp3) is 1.00. The highest BCUT2D eigenvalue weighted by atomic mass is 32.2. The fourth-order valence-corrected chi connectivity index (χ4v) is 3.02. The number of sulfonamides is 1. The monoisotopic (exact) mass is 236 g/mol. The summed E-state index contributed by atoms with van der Waals surface area (Å²) in [5.41, 5.74) is 0. The SMILES string of the molecule is CCC1CN(S(=O)(=O)CCNC)CCO1. The second-order valence-corrected chi connectivity index (χ2v) is 5.77. The highest BCUT2D eigenvalue weighted by molar-refractivity contribution is 7.89. The molecule has 0 aromatic carbocycles. The first-order valence-electron chi connectivity index (χ1n) is 5.34. The molecule has 0 amide bonds. The number of hydrogen-bond donors (Lipinski definition) is 1. The molecule has 0 saturated carbocycles. The average molecular weight is 236 g/mol. The van der Waals surface area contributed by atoms with Crippen molar-refractivity contribution in [3.63, 3.8) is 0 Å². The topological polar surface area (TPSA) is 58.6 Å². The van der Waals surface area contributed by atoms with Crippen LogP contribution in [0.1, 0.15) is 13.3 Å². The summed E-state index contributed by atoms with van der Waals surface area (Å²) in [6.45, 7) is 4.01. The molecule has 0 aromatic rings. The van der Waals surface area contributed by atoms with Gasteiger partial charge >= 0.3 is 0 Å². The first-order valence-corrected chi connectivity index (χ1v) is 6.95. The van der Waals surface area contributed by atoms with E-state index in [9.17, 15) is 8.42 Å². The highest BCUT2D eigenvalue weighted by Crippen LogP contribution is 2.12. The van der Waals surface area contributed by atoms with Gasteiger partial charge in [0, 0.05) is 19.6 Å². The number of ether oxygens (including phenoxy) is 1. The standard InChI is InChI=1S/C9H20N2O3S/c1-3-9-8-11(5-6-14-9)15(12,13)7-4-10-2/h9-10H,3-8H2,1-2H3. The number of rotatable bonds is 5. The number of morpholine rings is 1. The lowest BCUT2D eigenvalue weighted by Gasteiger charge is -2.31. The summed E-state index contributed by atoms with van der Waals surface area (Å²) >= 11 is 0. The fourth-order valence-electron chi connectivity index (χ4n) is 1.55. The van der Waals surface area contributed by atoms with Crippen LogP contribution in [0.15, 0.2) is 0 Å². The van der Waals surface area contributed by atoms with Gasteiger partial charge in [-0.05, 0) is 13.5 Å². The molecule has 0 aliphatic carbocycles. The Kier molecular flexibility index (Phi) is 4.98. The van der Waals surface area contributed by atoms with Gasteiger partial charge in [0.25, 0.3) is 0 Å². The van der Waals surface area contributed by atoms with E-state index in [4.69, 9.17) is 4.74 Å². The smallest absolute Gasteiger partial charge is 0.215 e. The maximum absolute atomic E-state index is 11.8. The molecule has 1 atom stereocenters. The summed E-state index contributed by atoms with van der Waals surface area (Å²) in [6.07, 6.45) is 0.918. The van der Waals surface area contributed by atoms with Crippen molar-refractivity contribution < 1.29 is 13.2 Å². The normalized spacial score (nSPS) is 24.3. The summed E-state index contributed by atoms with van der Waals surface area (Å²) in [7, 11) is -1.34. The number of nitrogens with zero attached hydrogens (tertiary/aromatic N) is 1. The first-order chi connectivity index (χ1) is 7.10. The lowest BCUT2D eigenvalue weighted by Crippen LogP contribution is -2.47. The van der Waals surface area contributed by atoms with Gasteiger partial charge in [-0.25, -0.2) is 8.42 Å². The van der Waals surface area contributed by atoms with Crippen molar-refractivity contribution in [2.45, 2.75) is 19.4 Å². The Morgan fingerprint density at radius 1 is 1.53 bits per heavy atom. The molecule has 0 spiro atoms. The van der Waals surface area contributed by atoms with E-state index in [1.54, 1.807) is 11.4 Å². The van der Waals surface area contributed by atoms with Crippen LogP contribution in [-0.4, -0.2) is 57.9 Å². The molecule has 0 radical (unpaired) electrons. The van der Waals surface area contributed by atoms with Crippen molar-refractivity contribution in [1.29, 1.82) is 0 Å². The van der Waals surface area contributed by atoms with Crippen LogP contribution in [0.2, 0.25) is 0 Å². The van der Waals surface area contributed by atoms with Gasteiger partial charge in [0.1, 0.15) is 0 Å². The van der Waals surface area contributed by atoms with Crippen LogP contribution in [0.3, 0.4) is 0 Å². The molecule has 1 fully saturated rings. The summed E-state index contributed by atoms with van der Waals surface area (Å²) in [5.74, 6) is 0.167. The third kappa shape index (κ3) is 3.71. The van der Waals surface area contributed by atoms with Crippen LogP contribution in [0.25, 0.3) is 0 Å². The molecule has 1 N–H and O–H groups in total. The largest absolute Gasteiger partial charge is 0.375 e. The zero-order valence-electron chi connectivity index (χ0n) is 9.40. The minimum atomic E-state index is -3.10. The molecule has 90 valence electrons. The second kappa shape index (κ2) is 5.79. The molecular formula is C9H20N2O3S. The third-order valence-electron chi connectivity index (χ3n) is 2.56. The molecule has 1 rings (SSSR count). The van der Waals surface area contributed by atoms with Crippen molar-refractivity contribution in [2.24, 2.45) is 0 Å². The van der Waals surface area contributed by atoms with Crippen molar-refractivity contribution >= 4 is 10.0 Å². The summed E-state index contributed by atoms with van der Waals surface area (Å²) in [4.78, 5) is 0. The van der Waals surface area contributed by atoms with Crippen molar-refractivity contribution in [3.8, 4) is 0 Å². The summed E-state index contributed by atoms with van der Waals surface area (Å²) < 4.78 is 30.7. The van der Waals surface area contributed by atoms with Crippen LogP contribution in [0, 0.1) is 0 Å². The molecule has 5 nitrogen and oxygen atoms in total. The van der Waals surface area contributed by atoms with Gasteiger partial charge < -0.3 is 10.1 Å². The molecule has 6 heteroatoms. The highest BCUT2D eigenvalue weighted by Gasteiger charge is 2.27. The molecule has 15 heavy (non-hydrogen) atoms. The molecule has 0 aromatic heterocycles. The Morgan fingerprint density at radius 2 is 2.27 bits per heavy atom. The van der Waals surface area contributed by atoms with Crippen molar-refractivity contribution in [2.75, 3.05) is 39.0 Å². The minimum Gasteiger partial charge on any atom is -0.375 e. The molecular weight excluding hydrogens is 216 g/mol. The van der Waals surface area contributed by atoms with E-state index in [-0.39, 0.29) is 11.9 Å². The summed E-state index contributed by atoms with van der Waals surface area (Å²) in [5, 5.41) is 2.85. The Labute approximate surface area is 91.8 Å². The second-order valence-electron chi connectivity index (χ2n) is 3.68. The Morgan fingerprint density at radius 3 is 2.87 bits per heavy atom. The van der Waals surface area contributed by atoms with E-state index in [2.05, 4.69) is 5.32 Å². The molecule has 1 aliphatic heterocycles. The lowest BCUT2D eigenvalue weighted by atomic mass is 10.2. The lowest BCUT2D eigenvalue weighted by molar-refractivity contribution is -0.00275. The van der Waals surface area contributed by atoms with Gasteiger partial charge in [-0.3, -0.25) is 0 Å². The number of nitrogens with one attached hydrogen (secondary N) is 1. The number of hydrogen-bond acceptors (Lipinski definition) is 4. The quantitative estimate of drug-likeness (QED) is 0.708. The zero-order valence-corrected chi connectivity index (χ0v) is 10.2. The van der Waals surface area contributed by atoms with Gasteiger partial charge in [-0.15, -0.1) is 0 Å². The minimum absolute atomic E-state index is 0.0584. The van der Waals surface area contributed by atoms with Gasteiger partial charge in [-0.2, -0.15) is 4.31 Å². The van der Waals surface area contributed by atoms with Crippen molar-refractivity contribution in [3.05, 3.63) is 0 Å². The molecule has 1 heterocycles. The molecule has 1 unspecified atom stereocenters. The van der Waals surface area contributed by atoms with Crippen LogP contribution in [-0.2, 0) is 14.8 Å². The van der Waals surface area contributed by atoms with Crippen LogP contribution < -0.4 is 5.32 Å². The van der Waals surface area contributed by atoms with Crippen molar-refractivity contribution in [1.82, 2.24) is 9.62 Å². The van der Waals surface area contributed by atoms with E-state index in [0.717, 1.165) is 6.42 Å². The molecule has 1 saturated heterocycles. The van der Waals surface area contributed by atoms with E-state index in [1.165, 1.54) is 0 Å². The van der Waals surface area contributed by atoms with Crippen LogP contribution in [0.4, 0.5) is 0 Å². The zero-order chi connectivity index (χ0) is 11.3. The van der Waals surface area contributed by atoms with E-state index < -0.39 is 10.0 Å². The predicted octanol–water partition coefficient (Wildman–Crippen LogP) is -0.354. The van der Waals surface area contributed by atoms with E-state index >= 15 is 0 Å². The first kappa shape index (κ1) is 12.9. The summed E-state index contributed by atoms with van der Waals surface area (Å²) in [6, 6.07) is 0. The Balaban J connectivity index is 2.54. The molecule has 1 aliphatic rings. The van der Waals surface area contributed by atoms with Gasteiger partial charge in [0.15, 0.2) is 0 Å². The molecule has 0 bridgehead atoms. The Hall–Kier alpha value is -0.170. The maximum atomic E-state index is 11.8. The van der Waals surface area contributed by atoms with Gasteiger partial charge in [-0.1, -0.05) is 6.92 Å². The van der Waals surface area contributed by atoms with Gasteiger partial charge in [0.2, 0.25) is 10.0 Å². The maximum Gasteiger partial charge on any atom is 0.215 e. The van der Waals surface area contributed by atoms with Crippen LogP contribution >= 0.6 is 0 Å². The van der Waals surface area contributed by atoms with Gasteiger partial charge in [0.05, 0.1) is 18.5 Å². The average Bonchev–Trinajstić information content (AvgIpc) is 2.26. The predicted molar refractivity (Wildman–Crippen MR) is 59.3 cm³/mol. The van der Waals surface area contributed by atoms with E-state index in [1.807, 2.05) is 6.92 Å². The van der Waals surface area contributed by atoms with E-state index in [0.29, 0.717) is 26.2 Å². The van der Waals surface area contributed by atoms with Crippen LogP contribution in [0.5, 0.6) is 0 Å². The third-order valence-corrected chi connectivity index (χ3v) is 4.40.